The molecular formula is C20H20N4O2. The van der Waals surface area contributed by atoms with Crippen molar-refractivity contribution in [3.63, 3.8) is 0 Å². The van der Waals surface area contributed by atoms with Crippen LogP contribution in [-0.4, -0.2) is 29.0 Å². The summed E-state index contributed by atoms with van der Waals surface area (Å²) in [5.74, 6) is 0.389. The minimum Gasteiger partial charge on any atom is -0.494 e. The highest BCUT2D eigenvalue weighted by atomic mass is 16.5. The molecular weight excluding hydrogens is 328 g/mol. The summed E-state index contributed by atoms with van der Waals surface area (Å²) < 4.78 is 5.33. The zero-order valence-corrected chi connectivity index (χ0v) is 14.5. The van der Waals surface area contributed by atoms with Crippen LogP contribution in [0.1, 0.15) is 28.0 Å². The van der Waals surface area contributed by atoms with Crippen LogP contribution in [-0.2, 0) is 12.8 Å². The van der Waals surface area contributed by atoms with E-state index in [0.717, 1.165) is 19.3 Å². The predicted molar refractivity (Wildman–Crippen MR) is 100 cm³/mol. The van der Waals surface area contributed by atoms with Gasteiger partial charge in [0.1, 0.15) is 17.0 Å². The van der Waals surface area contributed by atoms with E-state index in [1.165, 1.54) is 11.1 Å². The van der Waals surface area contributed by atoms with Crippen molar-refractivity contribution in [1.82, 2.24) is 15.3 Å². The van der Waals surface area contributed by atoms with Crippen LogP contribution in [0.15, 0.2) is 42.5 Å². The number of benzene rings is 2. The van der Waals surface area contributed by atoms with E-state index >= 15 is 0 Å². The van der Waals surface area contributed by atoms with Gasteiger partial charge in [-0.3, -0.25) is 4.79 Å². The van der Waals surface area contributed by atoms with Crippen LogP contribution in [0.4, 0.5) is 5.95 Å². The number of carbonyl (C=O) groups is 1. The highest BCUT2D eigenvalue weighted by Gasteiger charge is 2.23. The molecule has 1 amide bonds. The van der Waals surface area contributed by atoms with Gasteiger partial charge in [-0.2, -0.15) is 0 Å². The number of methoxy groups -OCH3 is 1. The molecule has 6 nitrogen and oxygen atoms in total. The number of aromatic nitrogens is 2. The summed E-state index contributed by atoms with van der Waals surface area (Å²) in [5.41, 5.74) is 9.30. The second-order valence-corrected chi connectivity index (χ2v) is 6.47. The maximum Gasteiger partial charge on any atom is 0.270 e. The fourth-order valence-electron chi connectivity index (χ4n) is 3.56. The van der Waals surface area contributed by atoms with Crippen molar-refractivity contribution < 1.29 is 9.53 Å². The van der Waals surface area contributed by atoms with E-state index in [0.29, 0.717) is 16.7 Å². The molecule has 0 saturated carbocycles. The number of rotatable bonds is 3. The number of nitrogens with one attached hydrogen (secondary N) is 1. The predicted octanol–water partition coefficient (Wildman–Crippen LogP) is 2.51. The van der Waals surface area contributed by atoms with Gasteiger partial charge in [-0.15, -0.1) is 0 Å². The van der Waals surface area contributed by atoms with Crippen LogP contribution in [0.2, 0.25) is 0 Å². The van der Waals surface area contributed by atoms with Gasteiger partial charge in [0.05, 0.1) is 7.11 Å². The zero-order valence-electron chi connectivity index (χ0n) is 14.5. The van der Waals surface area contributed by atoms with Gasteiger partial charge in [-0.1, -0.05) is 36.4 Å². The number of amides is 1. The van der Waals surface area contributed by atoms with Gasteiger partial charge in [0.2, 0.25) is 5.95 Å². The molecule has 0 aliphatic heterocycles. The molecule has 6 heteroatoms. The molecule has 0 saturated heterocycles. The number of para-hydroxylation sites is 1. The van der Waals surface area contributed by atoms with Crippen LogP contribution < -0.4 is 15.8 Å². The maximum atomic E-state index is 12.9. The van der Waals surface area contributed by atoms with Gasteiger partial charge in [0.25, 0.3) is 5.91 Å². The lowest BCUT2D eigenvalue weighted by Gasteiger charge is -2.25. The highest BCUT2D eigenvalue weighted by molar-refractivity contribution is 6.06. The number of anilines is 1. The summed E-state index contributed by atoms with van der Waals surface area (Å²) in [7, 11) is 1.56. The molecule has 0 bridgehead atoms. The summed E-state index contributed by atoms with van der Waals surface area (Å²) in [5, 5.41) is 3.74. The largest absolute Gasteiger partial charge is 0.494 e. The standard InChI is InChI=1S/C20H20N4O2/c1-26-16-8-4-7-15-17(16)23-20(21)24-18(15)19(25)22-14-10-9-12-5-2-3-6-13(12)11-14/h2-8,14H,9-11H2,1H3,(H,22,25)(H2,21,23,24). The van der Waals surface area contributed by atoms with Crippen LogP contribution in [0.3, 0.4) is 0 Å². The minimum absolute atomic E-state index is 0.0566. The Hall–Kier alpha value is -3.15. The van der Waals surface area contributed by atoms with E-state index < -0.39 is 0 Å². The first-order valence-corrected chi connectivity index (χ1v) is 8.63. The van der Waals surface area contributed by atoms with Gasteiger partial charge in [-0.05, 0) is 36.5 Å². The molecule has 26 heavy (non-hydrogen) atoms. The summed E-state index contributed by atoms with van der Waals surface area (Å²) in [6, 6.07) is 13.9. The molecule has 1 atom stereocenters. The monoisotopic (exact) mass is 348 g/mol. The van der Waals surface area contributed by atoms with Crippen molar-refractivity contribution in [3.8, 4) is 5.75 Å². The number of hydrogen-bond acceptors (Lipinski definition) is 5. The Morgan fingerprint density at radius 1 is 1.15 bits per heavy atom. The van der Waals surface area contributed by atoms with E-state index in [9.17, 15) is 4.79 Å². The van der Waals surface area contributed by atoms with Crippen LogP contribution >= 0.6 is 0 Å². The van der Waals surface area contributed by atoms with Crippen molar-refractivity contribution in [1.29, 1.82) is 0 Å². The molecule has 1 heterocycles. The summed E-state index contributed by atoms with van der Waals surface area (Å²) >= 11 is 0. The first-order chi connectivity index (χ1) is 12.7. The third-order valence-electron chi connectivity index (χ3n) is 4.82. The van der Waals surface area contributed by atoms with Gasteiger partial charge >= 0.3 is 0 Å². The number of ether oxygens (including phenoxy) is 1. The van der Waals surface area contributed by atoms with Crippen LogP contribution in [0.5, 0.6) is 5.75 Å². The smallest absolute Gasteiger partial charge is 0.270 e. The molecule has 1 unspecified atom stereocenters. The van der Waals surface area contributed by atoms with E-state index in [-0.39, 0.29) is 23.6 Å². The van der Waals surface area contributed by atoms with Gasteiger partial charge in [0, 0.05) is 11.4 Å². The normalized spacial score (nSPS) is 16.1. The van der Waals surface area contributed by atoms with Crippen molar-refractivity contribution in [2.24, 2.45) is 0 Å². The lowest BCUT2D eigenvalue weighted by molar-refractivity contribution is 0.0930. The Bertz CT molecular complexity index is 987. The topological polar surface area (TPSA) is 90.1 Å². The quantitative estimate of drug-likeness (QED) is 0.759. The zero-order chi connectivity index (χ0) is 18.1. The van der Waals surface area contributed by atoms with Gasteiger partial charge in [-0.25, -0.2) is 9.97 Å². The van der Waals surface area contributed by atoms with E-state index in [2.05, 4.69) is 33.5 Å². The molecule has 2 aromatic carbocycles. The van der Waals surface area contributed by atoms with Crippen LogP contribution in [0, 0.1) is 0 Å². The molecule has 0 fully saturated rings. The average Bonchev–Trinajstić information content (AvgIpc) is 2.66. The van der Waals surface area contributed by atoms with E-state index in [1.807, 2.05) is 18.2 Å². The third kappa shape index (κ3) is 2.94. The lowest BCUT2D eigenvalue weighted by atomic mass is 9.88. The number of nitrogens with zero attached hydrogens (tertiary/aromatic N) is 2. The maximum absolute atomic E-state index is 12.9. The first-order valence-electron chi connectivity index (χ1n) is 8.63. The number of carbonyl (C=O) groups excluding carboxylic acids is 1. The third-order valence-corrected chi connectivity index (χ3v) is 4.82. The van der Waals surface area contributed by atoms with Gasteiger partial charge in [0.15, 0.2) is 0 Å². The number of fused-ring (bicyclic) bond motifs is 2. The summed E-state index contributed by atoms with van der Waals surface area (Å²) in [6.07, 6.45) is 2.69. The first kappa shape index (κ1) is 16.3. The van der Waals surface area contributed by atoms with Crippen molar-refractivity contribution in [3.05, 3.63) is 59.3 Å². The SMILES string of the molecule is COc1cccc2c(C(=O)NC3CCc4ccccc4C3)nc(N)nc12. The lowest BCUT2D eigenvalue weighted by Crippen LogP contribution is -2.39. The molecule has 3 aromatic rings. The Morgan fingerprint density at radius 2 is 1.96 bits per heavy atom. The fraction of sp³-hybridized carbons (Fsp3) is 0.250. The minimum atomic E-state index is -0.235. The molecule has 0 radical (unpaired) electrons. The van der Waals surface area contributed by atoms with Crippen LogP contribution in [0.25, 0.3) is 10.9 Å². The second-order valence-electron chi connectivity index (χ2n) is 6.47. The number of aryl methyl sites for hydroxylation is 1. The Labute approximate surface area is 151 Å². The summed E-state index contributed by atoms with van der Waals surface area (Å²) in [4.78, 5) is 21.3. The van der Waals surface area contributed by atoms with Gasteiger partial charge < -0.3 is 15.8 Å². The molecule has 4 rings (SSSR count). The molecule has 1 aromatic heterocycles. The Kier molecular flexibility index (Phi) is 4.16. The molecule has 132 valence electrons. The van der Waals surface area contributed by atoms with Crippen molar-refractivity contribution in [2.45, 2.75) is 25.3 Å². The molecule has 0 spiro atoms. The number of nitrogens with two attached hydrogens (primary N) is 1. The number of hydrogen-bond donors (Lipinski definition) is 2. The Morgan fingerprint density at radius 3 is 2.77 bits per heavy atom. The van der Waals surface area contributed by atoms with E-state index in [1.54, 1.807) is 13.2 Å². The average molecular weight is 348 g/mol. The summed E-state index contributed by atoms with van der Waals surface area (Å²) in [6.45, 7) is 0. The number of nitrogen functional groups attached to an aromatic ring is 1. The fourth-order valence-corrected chi connectivity index (χ4v) is 3.56. The van der Waals surface area contributed by atoms with Crippen molar-refractivity contribution in [2.75, 3.05) is 12.8 Å². The van der Waals surface area contributed by atoms with Crippen molar-refractivity contribution >= 4 is 22.8 Å². The molecule has 1 aliphatic carbocycles. The second kappa shape index (κ2) is 6.63. The highest BCUT2D eigenvalue weighted by Crippen LogP contribution is 2.27. The molecule has 3 N–H and O–H groups in total. The van der Waals surface area contributed by atoms with E-state index in [4.69, 9.17) is 10.5 Å². The Balaban J connectivity index is 1.63. The molecule has 1 aliphatic rings.